The van der Waals surface area contributed by atoms with Crippen LogP contribution in [0.15, 0.2) is 0 Å². The Kier molecular flexibility index (Phi) is 9.12. The topological polar surface area (TPSA) is 15.7 Å². The van der Waals surface area contributed by atoms with Gasteiger partial charge in [-0.05, 0) is 45.0 Å². The van der Waals surface area contributed by atoms with Crippen LogP contribution < -0.4 is 0 Å². The van der Waals surface area contributed by atoms with Gasteiger partial charge >= 0.3 is 0 Å². The molecule has 0 radical (unpaired) electrons. The van der Waals surface area contributed by atoms with Crippen molar-refractivity contribution < 1.29 is 4.74 Å². The smallest absolute Gasteiger partial charge is 0.0714 e. The highest BCUT2D eigenvalue weighted by Gasteiger charge is 2.20. The molecule has 1 heterocycles. The van der Waals surface area contributed by atoms with E-state index in [0.29, 0.717) is 6.10 Å². The molecule has 0 unspecified atom stereocenters. The Morgan fingerprint density at radius 3 is 2.89 bits per heavy atom. The van der Waals surface area contributed by atoms with Gasteiger partial charge in [-0.1, -0.05) is 13.8 Å². The van der Waals surface area contributed by atoms with Crippen molar-refractivity contribution in [2.45, 2.75) is 39.2 Å². The number of nitrogens with zero attached hydrogens (tertiary/aromatic N) is 2. The molecule has 0 saturated carbocycles. The highest BCUT2D eigenvalue weighted by atomic mass is 32.2. The van der Waals surface area contributed by atoms with Gasteiger partial charge in [-0.3, -0.25) is 9.80 Å². The Morgan fingerprint density at radius 1 is 1.42 bits per heavy atom. The molecule has 1 aliphatic heterocycles. The van der Waals surface area contributed by atoms with E-state index < -0.39 is 0 Å². The van der Waals surface area contributed by atoms with E-state index in [4.69, 9.17) is 4.74 Å². The zero-order chi connectivity index (χ0) is 14.1. The van der Waals surface area contributed by atoms with Gasteiger partial charge in [-0.2, -0.15) is 0 Å². The van der Waals surface area contributed by atoms with Crippen molar-refractivity contribution >= 4 is 11.8 Å². The van der Waals surface area contributed by atoms with Gasteiger partial charge in [0, 0.05) is 25.5 Å². The van der Waals surface area contributed by atoms with Crippen molar-refractivity contribution in [3.8, 4) is 0 Å². The maximum Gasteiger partial charge on any atom is 0.0714 e. The van der Waals surface area contributed by atoms with Crippen LogP contribution in [0.4, 0.5) is 0 Å². The normalized spacial score (nSPS) is 21.5. The maximum absolute atomic E-state index is 5.89. The molecule has 3 nitrogen and oxygen atoms in total. The molecule has 114 valence electrons. The predicted octanol–water partition coefficient (Wildman–Crippen LogP) is 2.77. The zero-order valence-corrected chi connectivity index (χ0v) is 14.0. The Morgan fingerprint density at radius 2 is 2.21 bits per heavy atom. The van der Waals surface area contributed by atoms with Crippen molar-refractivity contribution in [1.29, 1.82) is 0 Å². The van der Waals surface area contributed by atoms with Crippen molar-refractivity contribution in [2.24, 2.45) is 5.92 Å². The average molecular weight is 289 g/mol. The molecule has 0 aromatic carbocycles. The summed E-state index contributed by atoms with van der Waals surface area (Å²) in [7, 11) is 2.19. The highest BCUT2D eigenvalue weighted by molar-refractivity contribution is 7.98. The third kappa shape index (κ3) is 8.18. The minimum absolute atomic E-state index is 0.442. The molecule has 0 aliphatic carbocycles. The summed E-state index contributed by atoms with van der Waals surface area (Å²) in [5, 5.41) is 0. The summed E-state index contributed by atoms with van der Waals surface area (Å²) in [5.74, 6) is 1.95. The van der Waals surface area contributed by atoms with Crippen molar-refractivity contribution in [3.63, 3.8) is 0 Å². The summed E-state index contributed by atoms with van der Waals surface area (Å²) in [6, 6.07) is 0. The molecular weight excluding hydrogens is 256 g/mol. The lowest BCUT2D eigenvalue weighted by molar-refractivity contribution is -0.0348. The van der Waals surface area contributed by atoms with Crippen LogP contribution >= 0.6 is 11.8 Å². The van der Waals surface area contributed by atoms with Gasteiger partial charge in [-0.15, -0.1) is 11.8 Å². The Labute approximate surface area is 124 Å². The van der Waals surface area contributed by atoms with E-state index in [1.807, 2.05) is 11.8 Å². The summed E-state index contributed by atoms with van der Waals surface area (Å²) in [5.41, 5.74) is 0. The molecule has 1 rings (SSSR count). The first-order valence-corrected chi connectivity index (χ1v) is 9.02. The van der Waals surface area contributed by atoms with Crippen molar-refractivity contribution in [2.75, 3.05) is 52.0 Å². The molecule has 1 saturated heterocycles. The van der Waals surface area contributed by atoms with E-state index in [2.05, 4.69) is 37.0 Å². The molecule has 0 aromatic heterocycles. The summed E-state index contributed by atoms with van der Waals surface area (Å²) in [6.07, 6.45) is 6.44. The summed E-state index contributed by atoms with van der Waals surface area (Å²) >= 11 is 1.89. The van der Waals surface area contributed by atoms with E-state index in [1.165, 1.54) is 19.4 Å². The minimum Gasteiger partial charge on any atom is -0.376 e. The molecule has 0 bridgehead atoms. The largest absolute Gasteiger partial charge is 0.376 e. The van der Waals surface area contributed by atoms with Gasteiger partial charge in [0.1, 0.15) is 0 Å². The quantitative estimate of drug-likeness (QED) is 0.606. The van der Waals surface area contributed by atoms with Crippen LogP contribution in [0.2, 0.25) is 0 Å². The van der Waals surface area contributed by atoms with Crippen LogP contribution in [-0.4, -0.2) is 67.9 Å². The fraction of sp³-hybridized carbons (Fsp3) is 1.00. The van der Waals surface area contributed by atoms with Crippen LogP contribution in [0, 0.1) is 5.92 Å². The van der Waals surface area contributed by atoms with Crippen LogP contribution in [0.5, 0.6) is 0 Å². The Hall–Kier alpha value is 0.230. The number of morpholine rings is 1. The van der Waals surface area contributed by atoms with Gasteiger partial charge in [0.25, 0.3) is 0 Å². The van der Waals surface area contributed by atoms with E-state index in [0.717, 1.165) is 44.5 Å². The van der Waals surface area contributed by atoms with E-state index in [-0.39, 0.29) is 0 Å². The second kappa shape index (κ2) is 10.0. The van der Waals surface area contributed by atoms with Crippen molar-refractivity contribution in [1.82, 2.24) is 9.80 Å². The third-order valence-corrected chi connectivity index (χ3v) is 4.36. The first-order valence-electron chi connectivity index (χ1n) is 7.63. The van der Waals surface area contributed by atoms with Gasteiger partial charge in [0.05, 0.1) is 12.7 Å². The SMILES string of the molecule is CSCN(C)CC[C@H]1CN(CCCC(C)C)CCO1. The average Bonchev–Trinajstić information content (AvgIpc) is 2.37. The van der Waals surface area contributed by atoms with E-state index >= 15 is 0 Å². The maximum atomic E-state index is 5.89. The monoisotopic (exact) mass is 288 g/mol. The molecule has 0 N–H and O–H groups in total. The number of rotatable bonds is 9. The predicted molar refractivity (Wildman–Crippen MR) is 85.9 cm³/mol. The minimum atomic E-state index is 0.442. The molecule has 4 heteroatoms. The van der Waals surface area contributed by atoms with Crippen LogP contribution in [0.25, 0.3) is 0 Å². The summed E-state index contributed by atoms with van der Waals surface area (Å²) in [4.78, 5) is 4.97. The fourth-order valence-corrected chi connectivity index (χ4v) is 3.10. The molecule has 1 atom stereocenters. The zero-order valence-electron chi connectivity index (χ0n) is 13.2. The third-order valence-electron chi connectivity index (χ3n) is 3.66. The second-order valence-corrected chi connectivity index (χ2v) is 6.95. The summed E-state index contributed by atoms with van der Waals surface area (Å²) in [6.45, 7) is 10.2. The van der Waals surface area contributed by atoms with Gasteiger partial charge in [0.15, 0.2) is 0 Å². The lowest BCUT2D eigenvalue weighted by Crippen LogP contribution is -2.43. The number of hydrogen-bond acceptors (Lipinski definition) is 4. The number of hydrogen-bond donors (Lipinski definition) is 0. The molecular formula is C15H32N2OS. The first kappa shape index (κ1) is 17.3. The standard InChI is InChI=1S/C15H32N2OS/c1-14(2)6-5-8-17-10-11-18-15(12-17)7-9-16(3)13-19-4/h14-15H,5-13H2,1-4H3/t15-/m0/s1. The molecule has 0 amide bonds. The molecule has 0 spiro atoms. The van der Waals surface area contributed by atoms with Crippen molar-refractivity contribution in [3.05, 3.63) is 0 Å². The Bertz CT molecular complexity index is 226. The van der Waals surface area contributed by atoms with Crippen LogP contribution in [0.1, 0.15) is 33.1 Å². The van der Waals surface area contributed by atoms with Gasteiger partial charge in [-0.25, -0.2) is 0 Å². The fourth-order valence-electron chi connectivity index (χ4n) is 2.53. The van der Waals surface area contributed by atoms with Gasteiger partial charge < -0.3 is 4.74 Å². The first-order chi connectivity index (χ1) is 9.11. The molecule has 1 aliphatic rings. The molecule has 0 aromatic rings. The lowest BCUT2D eigenvalue weighted by atomic mass is 10.1. The number of ether oxygens (including phenoxy) is 1. The number of thioether (sulfide) groups is 1. The van der Waals surface area contributed by atoms with Crippen LogP contribution in [-0.2, 0) is 4.74 Å². The van der Waals surface area contributed by atoms with E-state index in [1.54, 1.807) is 0 Å². The molecule has 19 heavy (non-hydrogen) atoms. The molecule has 1 fully saturated rings. The van der Waals surface area contributed by atoms with Gasteiger partial charge in [0.2, 0.25) is 0 Å². The lowest BCUT2D eigenvalue weighted by Gasteiger charge is -2.33. The second-order valence-electron chi connectivity index (χ2n) is 6.12. The van der Waals surface area contributed by atoms with Crippen LogP contribution in [0.3, 0.4) is 0 Å². The van der Waals surface area contributed by atoms with E-state index in [9.17, 15) is 0 Å². The Balaban J connectivity index is 2.15. The summed E-state index contributed by atoms with van der Waals surface area (Å²) < 4.78 is 5.89. The highest BCUT2D eigenvalue weighted by Crippen LogP contribution is 2.12.